The Morgan fingerprint density at radius 2 is 1.88 bits per heavy atom. The van der Waals surface area contributed by atoms with Crippen LogP contribution in [-0.2, 0) is 22.6 Å². The second-order valence-corrected chi connectivity index (χ2v) is 5.72. The smallest absolute Gasteiger partial charge is 0.325 e. The standard InChI is InChI=1S/C17H19N3O5/c21-15(18-8-7-12-3-1-9-24-12)6-5-14-16(22)20(17(23)19-14)11-13-4-2-10-25-13/h1-4,9-10,14H,5-8,11H2,(H,18,21)(H,19,23)/t14-/m0/s1. The lowest BCUT2D eigenvalue weighted by Gasteiger charge is -2.11. The number of rotatable bonds is 8. The monoisotopic (exact) mass is 345 g/mol. The van der Waals surface area contributed by atoms with Gasteiger partial charge in [-0.15, -0.1) is 0 Å². The molecule has 0 saturated carbocycles. The molecule has 2 aromatic heterocycles. The van der Waals surface area contributed by atoms with Crippen molar-refractivity contribution in [3.63, 3.8) is 0 Å². The van der Waals surface area contributed by atoms with Gasteiger partial charge in [-0.1, -0.05) is 0 Å². The maximum Gasteiger partial charge on any atom is 0.325 e. The van der Waals surface area contributed by atoms with Crippen LogP contribution in [0.25, 0.3) is 0 Å². The van der Waals surface area contributed by atoms with Crippen molar-refractivity contribution in [1.29, 1.82) is 0 Å². The summed E-state index contributed by atoms with van der Waals surface area (Å²) < 4.78 is 10.3. The molecule has 132 valence electrons. The molecule has 8 heteroatoms. The van der Waals surface area contributed by atoms with Gasteiger partial charge in [0.05, 0.1) is 19.1 Å². The number of amides is 4. The van der Waals surface area contributed by atoms with Crippen molar-refractivity contribution >= 4 is 17.8 Å². The summed E-state index contributed by atoms with van der Waals surface area (Å²) in [6, 6.07) is 5.87. The van der Waals surface area contributed by atoms with Crippen LogP contribution in [0.1, 0.15) is 24.4 Å². The van der Waals surface area contributed by atoms with Crippen molar-refractivity contribution in [2.24, 2.45) is 0 Å². The van der Waals surface area contributed by atoms with Gasteiger partial charge in [-0.25, -0.2) is 4.79 Å². The third-order valence-corrected chi connectivity index (χ3v) is 3.93. The van der Waals surface area contributed by atoms with Crippen molar-refractivity contribution in [2.45, 2.75) is 31.8 Å². The minimum Gasteiger partial charge on any atom is -0.469 e. The number of carbonyl (C=O) groups excluding carboxylic acids is 3. The number of urea groups is 1. The number of imide groups is 1. The van der Waals surface area contributed by atoms with E-state index >= 15 is 0 Å². The zero-order chi connectivity index (χ0) is 17.6. The van der Waals surface area contributed by atoms with E-state index in [2.05, 4.69) is 10.6 Å². The first-order valence-corrected chi connectivity index (χ1v) is 8.07. The Labute approximate surface area is 144 Å². The van der Waals surface area contributed by atoms with E-state index in [1.807, 2.05) is 6.07 Å². The molecule has 1 saturated heterocycles. The van der Waals surface area contributed by atoms with Crippen LogP contribution in [0.5, 0.6) is 0 Å². The third-order valence-electron chi connectivity index (χ3n) is 3.93. The van der Waals surface area contributed by atoms with Gasteiger partial charge in [0, 0.05) is 19.4 Å². The second kappa shape index (κ2) is 7.69. The van der Waals surface area contributed by atoms with E-state index in [1.54, 1.807) is 24.5 Å². The normalized spacial score (nSPS) is 17.0. The molecule has 1 fully saturated rings. The minimum atomic E-state index is -0.682. The first-order valence-electron chi connectivity index (χ1n) is 8.07. The number of hydrogen-bond donors (Lipinski definition) is 2. The van der Waals surface area contributed by atoms with E-state index in [4.69, 9.17) is 8.83 Å². The van der Waals surface area contributed by atoms with Gasteiger partial charge < -0.3 is 19.5 Å². The molecule has 0 aromatic carbocycles. The molecule has 3 rings (SSSR count). The fourth-order valence-corrected chi connectivity index (χ4v) is 2.62. The molecule has 8 nitrogen and oxygen atoms in total. The summed E-state index contributed by atoms with van der Waals surface area (Å²) in [5.74, 6) is 0.815. The van der Waals surface area contributed by atoms with Crippen molar-refractivity contribution in [3.05, 3.63) is 48.3 Å². The third kappa shape index (κ3) is 4.28. The molecular formula is C17H19N3O5. The first kappa shape index (κ1) is 16.8. The number of nitrogens with zero attached hydrogens (tertiary/aromatic N) is 1. The predicted molar refractivity (Wildman–Crippen MR) is 86.2 cm³/mol. The van der Waals surface area contributed by atoms with Crippen LogP contribution in [0.2, 0.25) is 0 Å². The summed E-state index contributed by atoms with van der Waals surface area (Å²) in [4.78, 5) is 37.1. The highest BCUT2D eigenvalue weighted by Crippen LogP contribution is 2.15. The topological polar surface area (TPSA) is 105 Å². The largest absolute Gasteiger partial charge is 0.469 e. The van der Waals surface area contributed by atoms with E-state index in [-0.39, 0.29) is 31.2 Å². The zero-order valence-electron chi connectivity index (χ0n) is 13.6. The SMILES string of the molecule is O=C(CC[C@@H]1NC(=O)N(Cc2ccco2)C1=O)NCCc1ccco1. The van der Waals surface area contributed by atoms with Crippen LogP contribution in [0, 0.1) is 0 Å². The highest BCUT2D eigenvalue weighted by molar-refractivity contribution is 6.04. The number of furan rings is 2. The minimum absolute atomic E-state index is 0.0868. The van der Waals surface area contributed by atoms with Crippen LogP contribution in [0.4, 0.5) is 4.79 Å². The Balaban J connectivity index is 1.41. The van der Waals surface area contributed by atoms with E-state index < -0.39 is 12.1 Å². The molecule has 25 heavy (non-hydrogen) atoms. The molecule has 2 N–H and O–H groups in total. The van der Waals surface area contributed by atoms with E-state index in [9.17, 15) is 14.4 Å². The fraction of sp³-hybridized carbons (Fsp3) is 0.353. The van der Waals surface area contributed by atoms with Gasteiger partial charge in [-0.05, 0) is 30.7 Å². The van der Waals surface area contributed by atoms with Gasteiger partial charge in [0.1, 0.15) is 17.6 Å². The molecule has 1 aliphatic rings. The lowest BCUT2D eigenvalue weighted by atomic mass is 10.1. The second-order valence-electron chi connectivity index (χ2n) is 5.72. The van der Waals surface area contributed by atoms with Crippen LogP contribution in [-0.4, -0.2) is 35.3 Å². The Bertz CT molecular complexity index is 724. The van der Waals surface area contributed by atoms with Crippen molar-refractivity contribution in [1.82, 2.24) is 15.5 Å². The van der Waals surface area contributed by atoms with E-state index in [0.717, 1.165) is 10.7 Å². The van der Waals surface area contributed by atoms with Crippen molar-refractivity contribution < 1.29 is 23.2 Å². The summed E-state index contributed by atoms with van der Waals surface area (Å²) in [6.07, 6.45) is 4.09. The highest BCUT2D eigenvalue weighted by Gasteiger charge is 2.38. The molecule has 1 atom stereocenters. The van der Waals surface area contributed by atoms with Crippen molar-refractivity contribution in [3.8, 4) is 0 Å². The molecule has 2 aromatic rings. The molecule has 3 heterocycles. The molecule has 4 amide bonds. The summed E-state index contributed by atoms with van der Waals surface area (Å²) >= 11 is 0. The summed E-state index contributed by atoms with van der Waals surface area (Å²) in [7, 11) is 0. The van der Waals surface area contributed by atoms with Crippen LogP contribution in [0.3, 0.4) is 0 Å². The molecule has 0 unspecified atom stereocenters. The van der Waals surface area contributed by atoms with Crippen molar-refractivity contribution in [2.75, 3.05) is 6.54 Å². The summed E-state index contributed by atoms with van der Waals surface area (Å²) in [5.41, 5.74) is 0. The van der Waals surface area contributed by atoms with E-state index in [0.29, 0.717) is 18.7 Å². The van der Waals surface area contributed by atoms with Crippen LogP contribution in [0.15, 0.2) is 45.6 Å². The Kier molecular flexibility index (Phi) is 5.17. The van der Waals surface area contributed by atoms with Gasteiger partial charge in [-0.3, -0.25) is 14.5 Å². The van der Waals surface area contributed by atoms with Gasteiger partial charge in [0.2, 0.25) is 5.91 Å². The molecule has 0 radical (unpaired) electrons. The quantitative estimate of drug-likeness (QED) is 0.704. The Morgan fingerprint density at radius 1 is 1.16 bits per heavy atom. The highest BCUT2D eigenvalue weighted by atomic mass is 16.3. The average Bonchev–Trinajstić information content (AvgIpc) is 3.33. The molecule has 1 aliphatic heterocycles. The summed E-state index contributed by atoms with van der Waals surface area (Å²) in [6.45, 7) is 0.547. The Hall–Kier alpha value is -3.03. The maximum atomic E-state index is 12.3. The van der Waals surface area contributed by atoms with Gasteiger partial charge in [0.15, 0.2) is 0 Å². The predicted octanol–water partition coefficient (Wildman–Crippen LogP) is 1.43. The molecule has 0 spiro atoms. The van der Waals surface area contributed by atoms with E-state index in [1.165, 1.54) is 6.26 Å². The number of hydrogen-bond acceptors (Lipinski definition) is 5. The van der Waals surface area contributed by atoms with Crippen LogP contribution >= 0.6 is 0 Å². The van der Waals surface area contributed by atoms with Gasteiger partial charge in [0.25, 0.3) is 5.91 Å². The molecular weight excluding hydrogens is 326 g/mol. The van der Waals surface area contributed by atoms with Crippen LogP contribution < -0.4 is 10.6 Å². The molecule has 0 aliphatic carbocycles. The number of carbonyl (C=O) groups is 3. The maximum absolute atomic E-state index is 12.3. The lowest BCUT2D eigenvalue weighted by Crippen LogP contribution is -2.33. The number of nitrogens with one attached hydrogen (secondary N) is 2. The zero-order valence-corrected chi connectivity index (χ0v) is 13.6. The van der Waals surface area contributed by atoms with Gasteiger partial charge >= 0.3 is 6.03 Å². The molecule has 0 bridgehead atoms. The van der Waals surface area contributed by atoms with Gasteiger partial charge in [-0.2, -0.15) is 0 Å². The Morgan fingerprint density at radius 3 is 2.56 bits per heavy atom. The summed E-state index contributed by atoms with van der Waals surface area (Å²) in [5, 5.41) is 5.37. The first-order chi connectivity index (χ1) is 12.1. The fourth-order valence-electron chi connectivity index (χ4n) is 2.62. The lowest BCUT2D eigenvalue weighted by molar-refractivity contribution is -0.128. The average molecular weight is 345 g/mol.